The Hall–Kier alpha value is -1.09. The Bertz CT molecular complexity index is 405. The summed E-state index contributed by atoms with van der Waals surface area (Å²) in [7, 11) is 0. The highest BCUT2D eigenvalue weighted by molar-refractivity contribution is 9.10. The van der Waals surface area contributed by atoms with Crippen LogP contribution in [-0.2, 0) is 0 Å². The summed E-state index contributed by atoms with van der Waals surface area (Å²) in [6.07, 6.45) is 1.73. The molecule has 0 radical (unpaired) electrons. The van der Waals surface area contributed by atoms with Gasteiger partial charge in [0.15, 0.2) is 11.7 Å². The molecule has 0 atom stereocenters. The van der Waals surface area contributed by atoms with Gasteiger partial charge >= 0.3 is 0 Å². The van der Waals surface area contributed by atoms with Gasteiger partial charge in [0.25, 0.3) is 0 Å². The van der Waals surface area contributed by atoms with Gasteiger partial charge < -0.3 is 4.42 Å². The Labute approximate surface area is 84.7 Å². The maximum atomic E-state index is 5.38. The number of aryl methyl sites for hydroxylation is 1. The minimum Gasteiger partial charge on any atom is -0.441 e. The molecule has 2 nitrogen and oxygen atoms in total. The first-order valence-corrected chi connectivity index (χ1v) is 4.73. The number of halogens is 1. The third-order valence-electron chi connectivity index (χ3n) is 1.75. The van der Waals surface area contributed by atoms with Crippen molar-refractivity contribution in [3.05, 3.63) is 40.8 Å². The van der Waals surface area contributed by atoms with E-state index in [-0.39, 0.29) is 0 Å². The second-order valence-electron chi connectivity index (χ2n) is 2.75. The molecule has 0 saturated heterocycles. The summed E-state index contributed by atoms with van der Waals surface area (Å²) in [4.78, 5) is 4.04. The summed E-state index contributed by atoms with van der Waals surface area (Å²) in [6.45, 7) is 1.84. The lowest BCUT2D eigenvalue weighted by Crippen LogP contribution is -1.71. The van der Waals surface area contributed by atoms with E-state index in [1.54, 1.807) is 6.20 Å². The Kier molecular flexibility index (Phi) is 2.19. The van der Waals surface area contributed by atoms with E-state index in [2.05, 4.69) is 20.9 Å². The number of oxazole rings is 1. The minimum atomic E-state index is 0.693. The average Bonchev–Trinajstić information content (AvgIpc) is 2.53. The van der Waals surface area contributed by atoms with Gasteiger partial charge in [0.1, 0.15) is 0 Å². The standard InChI is InChI=1S/C10H8BrNO/c1-7-12-6-10(13-7)8-2-4-9(11)5-3-8/h2-6H,1H3. The molecule has 0 aliphatic carbocycles. The van der Waals surface area contributed by atoms with Gasteiger partial charge in [0.05, 0.1) is 6.20 Å². The predicted molar refractivity (Wildman–Crippen MR) is 54.4 cm³/mol. The van der Waals surface area contributed by atoms with E-state index in [9.17, 15) is 0 Å². The summed E-state index contributed by atoms with van der Waals surface area (Å²) in [5, 5.41) is 0. The molecule has 0 amide bonds. The van der Waals surface area contributed by atoms with E-state index in [0.717, 1.165) is 15.8 Å². The molecule has 0 fully saturated rings. The van der Waals surface area contributed by atoms with Crippen molar-refractivity contribution in [2.45, 2.75) is 6.92 Å². The molecule has 1 heterocycles. The van der Waals surface area contributed by atoms with Crippen molar-refractivity contribution in [1.82, 2.24) is 4.98 Å². The van der Waals surface area contributed by atoms with E-state index in [1.807, 2.05) is 31.2 Å². The van der Waals surface area contributed by atoms with Crippen molar-refractivity contribution in [3.63, 3.8) is 0 Å². The number of rotatable bonds is 1. The lowest BCUT2D eigenvalue weighted by molar-refractivity contribution is 0.534. The van der Waals surface area contributed by atoms with Crippen molar-refractivity contribution >= 4 is 15.9 Å². The van der Waals surface area contributed by atoms with Crippen LogP contribution in [0.2, 0.25) is 0 Å². The normalized spacial score (nSPS) is 10.3. The Balaban J connectivity index is 2.41. The lowest BCUT2D eigenvalue weighted by atomic mass is 10.2. The van der Waals surface area contributed by atoms with Crippen LogP contribution in [0.4, 0.5) is 0 Å². The van der Waals surface area contributed by atoms with Gasteiger partial charge in [-0.25, -0.2) is 4.98 Å². The fourth-order valence-corrected chi connectivity index (χ4v) is 1.37. The van der Waals surface area contributed by atoms with E-state index >= 15 is 0 Å². The number of hydrogen-bond acceptors (Lipinski definition) is 2. The summed E-state index contributed by atoms with van der Waals surface area (Å²) < 4.78 is 6.45. The second-order valence-corrected chi connectivity index (χ2v) is 3.67. The van der Waals surface area contributed by atoms with Crippen LogP contribution in [0.3, 0.4) is 0 Å². The topological polar surface area (TPSA) is 26.0 Å². The van der Waals surface area contributed by atoms with E-state index in [4.69, 9.17) is 4.42 Å². The van der Waals surface area contributed by atoms with Gasteiger partial charge in [0.2, 0.25) is 0 Å². The molecule has 1 aromatic heterocycles. The number of nitrogens with zero attached hydrogens (tertiary/aromatic N) is 1. The number of benzene rings is 1. The van der Waals surface area contributed by atoms with Crippen LogP contribution in [0.25, 0.3) is 11.3 Å². The molecule has 66 valence electrons. The molecule has 0 bridgehead atoms. The van der Waals surface area contributed by atoms with Crippen molar-refractivity contribution in [2.75, 3.05) is 0 Å². The van der Waals surface area contributed by atoms with Crippen molar-refractivity contribution < 1.29 is 4.42 Å². The molecule has 3 heteroatoms. The molecule has 2 rings (SSSR count). The van der Waals surface area contributed by atoms with E-state index in [1.165, 1.54) is 0 Å². The molecule has 0 unspecified atom stereocenters. The molecule has 0 aliphatic rings. The van der Waals surface area contributed by atoms with Gasteiger partial charge in [0, 0.05) is 17.0 Å². The maximum Gasteiger partial charge on any atom is 0.191 e. The van der Waals surface area contributed by atoms with Gasteiger partial charge in [-0.1, -0.05) is 28.1 Å². The summed E-state index contributed by atoms with van der Waals surface area (Å²) in [5.74, 6) is 1.50. The zero-order valence-corrected chi connectivity index (χ0v) is 8.71. The molecular formula is C10H8BrNO. The third kappa shape index (κ3) is 1.80. The van der Waals surface area contributed by atoms with Crippen LogP contribution in [0.5, 0.6) is 0 Å². The summed E-state index contributed by atoms with van der Waals surface area (Å²) in [5.41, 5.74) is 1.05. The fraction of sp³-hybridized carbons (Fsp3) is 0.100. The van der Waals surface area contributed by atoms with Crippen LogP contribution >= 0.6 is 15.9 Å². The first-order chi connectivity index (χ1) is 6.25. The largest absolute Gasteiger partial charge is 0.441 e. The summed E-state index contributed by atoms with van der Waals surface area (Å²) >= 11 is 3.38. The zero-order valence-electron chi connectivity index (χ0n) is 7.12. The Morgan fingerprint density at radius 1 is 1.23 bits per heavy atom. The molecule has 13 heavy (non-hydrogen) atoms. The minimum absolute atomic E-state index is 0.693. The van der Waals surface area contributed by atoms with Gasteiger partial charge in [-0.15, -0.1) is 0 Å². The molecule has 0 N–H and O–H groups in total. The first kappa shape index (κ1) is 8.51. The maximum absolute atomic E-state index is 5.38. The highest BCUT2D eigenvalue weighted by Gasteiger charge is 2.02. The third-order valence-corrected chi connectivity index (χ3v) is 2.28. The zero-order chi connectivity index (χ0) is 9.26. The number of aromatic nitrogens is 1. The fourth-order valence-electron chi connectivity index (χ4n) is 1.11. The van der Waals surface area contributed by atoms with Crippen LogP contribution < -0.4 is 0 Å². The van der Waals surface area contributed by atoms with Crippen molar-refractivity contribution in [1.29, 1.82) is 0 Å². The Morgan fingerprint density at radius 2 is 1.92 bits per heavy atom. The van der Waals surface area contributed by atoms with Crippen LogP contribution in [-0.4, -0.2) is 4.98 Å². The smallest absolute Gasteiger partial charge is 0.191 e. The molecule has 1 aromatic carbocycles. The highest BCUT2D eigenvalue weighted by atomic mass is 79.9. The number of hydrogen-bond donors (Lipinski definition) is 0. The van der Waals surface area contributed by atoms with Crippen molar-refractivity contribution in [2.24, 2.45) is 0 Å². The van der Waals surface area contributed by atoms with Gasteiger partial charge in [-0.05, 0) is 12.1 Å². The van der Waals surface area contributed by atoms with Crippen molar-refractivity contribution in [3.8, 4) is 11.3 Å². The Morgan fingerprint density at radius 3 is 2.46 bits per heavy atom. The summed E-state index contributed by atoms with van der Waals surface area (Å²) in [6, 6.07) is 7.94. The molecule has 2 aromatic rings. The molecular weight excluding hydrogens is 230 g/mol. The first-order valence-electron chi connectivity index (χ1n) is 3.94. The van der Waals surface area contributed by atoms with Crippen LogP contribution in [0.15, 0.2) is 39.4 Å². The predicted octanol–water partition coefficient (Wildman–Crippen LogP) is 3.41. The molecule has 0 saturated carbocycles. The average molecular weight is 238 g/mol. The van der Waals surface area contributed by atoms with Crippen LogP contribution in [0.1, 0.15) is 5.89 Å². The highest BCUT2D eigenvalue weighted by Crippen LogP contribution is 2.21. The second kappa shape index (κ2) is 3.34. The van der Waals surface area contributed by atoms with Gasteiger partial charge in [-0.2, -0.15) is 0 Å². The SMILES string of the molecule is Cc1ncc(-c2ccc(Br)cc2)o1. The molecule has 0 aliphatic heterocycles. The monoisotopic (exact) mass is 237 g/mol. The van der Waals surface area contributed by atoms with E-state index < -0.39 is 0 Å². The van der Waals surface area contributed by atoms with E-state index in [0.29, 0.717) is 5.89 Å². The van der Waals surface area contributed by atoms with Crippen LogP contribution in [0, 0.1) is 6.92 Å². The lowest BCUT2D eigenvalue weighted by Gasteiger charge is -1.94. The molecule has 0 spiro atoms. The van der Waals surface area contributed by atoms with Gasteiger partial charge in [-0.3, -0.25) is 0 Å². The quantitative estimate of drug-likeness (QED) is 0.760.